The SMILES string of the molecule is CCC(CC)(NS(=O)(=O)NCC(C)C)C(=N)N. The van der Waals surface area contributed by atoms with Crippen molar-refractivity contribution in [2.24, 2.45) is 11.7 Å². The number of nitrogens with two attached hydrogens (primary N) is 1. The molecule has 17 heavy (non-hydrogen) atoms. The lowest BCUT2D eigenvalue weighted by Gasteiger charge is -2.31. The second kappa shape index (κ2) is 6.32. The molecule has 0 aromatic carbocycles. The van der Waals surface area contributed by atoms with Gasteiger partial charge >= 0.3 is 0 Å². The molecular weight excluding hydrogens is 240 g/mol. The first-order valence-electron chi connectivity index (χ1n) is 5.82. The summed E-state index contributed by atoms with van der Waals surface area (Å²) >= 11 is 0. The molecule has 0 fully saturated rings. The molecule has 5 N–H and O–H groups in total. The van der Waals surface area contributed by atoms with Gasteiger partial charge in [-0.15, -0.1) is 0 Å². The number of hydrogen-bond donors (Lipinski definition) is 4. The molecule has 0 aromatic heterocycles. The monoisotopic (exact) mass is 264 g/mol. The number of nitrogens with one attached hydrogen (secondary N) is 3. The zero-order valence-corrected chi connectivity index (χ0v) is 11.8. The maximum Gasteiger partial charge on any atom is 0.277 e. The van der Waals surface area contributed by atoms with E-state index < -0.39 is 15.7 Å². The van der Waals surface area contributed by atoms with Gasteiger partial charge in [0, 0.05) is 6.54 Å². The van der Waals surface area contributed by atoms with Crippen LogP contribution >= 0.6 is 0 Å². The molecule has 0 saturated heterocycles. The van der Waals surface area contributed by atoms with Crippen LogP contribution in [0.25, 0.3) is 0 Å². The molecule has 102 valence electrons. The van der Waals surface area contributed by atoms with Gasteiger partial charge in [-0.2, -0.15) is 13.1 Å². The molecule has 0 aliphatic carbocycles. The highest BCUT2D eigenvalue weighted by Crippen LogP contribution is 2.15. The van der Waals surface area contributed by atoms with Crippen LogP contribution < -0.4 is 15.2 Å². The summed E-state index contributed by atoms with van der Waals surface area (Å²) in [4.78, 5) is 0. The molecule has 0 heterocycles. The van der Waals surface area contributed by atoms with Crippen LogP contribution in [0.5, 0.6) is 0 Å². The summed E-state index contributed by atoms with van der Waals surface area (Å²) in [6.07, 6.45) is 0.892. The number of amidine groups is 1. The van der Waals surface area contributed by atoms with Crippen molar-refractivity contribution in [1.82, 2.24) is 9.44 Å². The quantitative estimate of drug-likeness (QED) is 0.380. The van der Waals surface area contributed by atoms with E-state index in [1.54, 1.807) is 13.8 Å². The summed E-state index contributed by atoms with van der Waals surface area (Å²) in [6.45, 7) is 7.79. The van der Waals surface area contributed by atoms with Crippen LogP contribution in [0.4, 0.5) is 0 Å². The van der Waals surface area contributed by atoms with Gasteiger partial charge in [0.1, 0.15) is 5.84 Å². The fourth-order valence-electron chi connectivity index (χ4n) is 1.40. The molecular formula is C10H24N4O2S. The van der Waals surface area contributed by atoms with Crippen molar-refractivity contribution in [3.63, 3.8) is 0 Å². The van der Waals surface area contributed by atoms with E-state index in [-0.39, 0.29) is 11.8 Å². The van der Waals surface area contributed by atoms with Crippen molar-refractivity contribution in [1.29, 1.82) is 5.41 Å². The van der Waals surface area contributed by atoms with Crippen LogP contribution in [0.15, 0.2) is 0 Å². The normalized spacial score (nSPS) is 13.0. The fraction of sp³-hybridized carbons (Fsp3) is 0.900. The molecule has 0 unspecified atom stereocenters. The van der Waals surface area contributed by atoms with Crippen LogP contribution in [-0.4, -0.2) is 26.3 Å². The second-order valence-corrected chi connectivity index (χ2v) is 6.05. The van der Waals surface area contributed by atoms with Crippen LogP contribution in [-0.2, 0) is 10.2 Å². The van der Waals surface area contributed by atoms with Gasteiger partial charge < -0.3 is 5.73 Å². The third-order valence-electron chi connectivity index (χ3n) is 2.73. The Morgan fingerprint density at radius 1 is 1.35 bits per heavy atom. The highest BCUT2D eigenvalue weighted by Gasteiger charge is 2.34. The van der Waals surface area contributed by atoms with E-state index in [2.05, 4.69) is 9.44 Å². The Labute approximate surface area is 104 Å². The minimum atomic E-state index is -3.62. The summed E-state index contributed by atoms with van der Waals surface area (Å²) < 4.78 is 28.5. The second-order valence-electron chi connectivity index (χ2n) is 4.55. The number of rotatable bonds is 8. The van der Waals surface area contributed by atoms with Crippen molar-refractivity contribution >= 4 is 16.0 Å². The van der Waals surface area contributed by atoms with E-state index in [4.69, 9.17) is 11.1 Å². The van der Waals surface area contributed by atoms with Crippen LogP contribution in [0, 0.1) is 11.3 Å². The van der Waals surface area contributed by atoms with E-state index in [9.17, 15) is 8.42 Å². The van der Waals surface area contributed by atoms with Gasteiger partial charge in [-0.1, -0.05) is 27.7 Å². The third-order valence-corrected chi connectivity index (χ3v) is 3.94. The van der Waals surface area contributed by atoms with E-state index >= 15 is 0 Å². The van der Waals surface area contributed by atoms with Gasteiger partial charge in [-0.05, 0) is 18.8 Å². The van der Waals surface area contributed by atoms with Gasteiger partial charge in [0.25, 0.3) is 10.2 Å². The Morgan fingerprint density at radius 3 is 2.12 bits per heavy atom. The molecule has 0 atom stereocenters. The zero-order valence-electron chi connectivity index (χ0n) is 11.0. The van der Waals surface area contributed by atoms with E-state index in [0.717, 1.165) is 0 Å². The smallest absolute Gasteiger partial charge is 0.277 e. The first-order valence-corrected chi connectivity index (χ1v) is 7.30. The Hall–Kier alpha value is -0.660. The van der Waals surface area contributed by atoms with Gasteiger partial charge in [-0.25, -0.2) is 4.72 Å². The predicted molar refractivity (Wildman–Crippen MR) is 70.1 cm³/mol. The van der Waals surface area contributed by atoms with Crippen LogP contribution in [0.2, 0.25) is 0 Å². The lowest BCUT2D eigenvalue weighted by molar-refractivity contribution is 0.451. The van der Waals surface area contributed by atoms with Crippen molar-refractivity contribution in [2.75, 3.05) is 6.54 Å². The summed E-state index contributed by atoms with van der Waals surface area (Å²) in [5, 5.41) is 7.52. The molecule has 6 nitrogen and oxygen atoms in total. The average Bonchev–Trinajstić information content (AvgIpc) is 2.23. The largest absolute Gasteiger partial charge is 0.386 e. The summed E-state index contributed by atoms with van der Waals surface area (Å²) in [5.74, 6) is 0.0685. The maximum atomic E-state index is 11.8. The zero-order chi connectivity index (χ0) is 13.7. The first kappa shape index (κ1) is 16.3. The summed E-state index contributed by atoms with van der Waals surface area (Å²) in [6, 6.07) is 0. The minimum absolute atomic E-state index is 0.155. The lowest BCUT2D eigenvalue weighted by atomic mass is 9.93. The van der Waals surface area contributed by atoms with E-state index in [1.807, 2.05) is 13.8 Å². The average molecular weight is 264 g/mol. The van der Waals surface area contributed by atoms with Gasteiger partial charge in [0.2, 0.25) is 0 Å². The summed E-state index contributed by atoms with van der Waals surface area (Å²) in [7, 11) is -3.62. The van der Waals surface area contributed by atoms with Gasteiger partial charge in [0.05, 0.1) is 5.54 Å². The highest BCUT2D eigenvalue weighted by molar-refractivity contribution is 7.87. The first-order chi connectivity index (χ1) is 7.69. The Morgan fingerprint density at radius 2 is 1.82 bits per heavy atom. The van der Waals surface area contributed by atoms with E-state index in [0.29, 0.717) is 19.4 Å². The third kappa shape index (κ3) is 5.01. The molecule has 0 aliphatic rings. The lowest BCUT2D eigenvalue weighted by Crippen LogP contribution is -2.59. The fourth-order valence-corrected chi connectivity index (χ4v) is 2.94. The van der Waals surface area contributed by atoms with Crippen LogP contribution in [0.1, 0.15) is 40.5 Å². The van der Waals surface area contributed by atoms with Crippen molar-refractivity contribution in [3.8, 4) is 0 Å². The highest BCUT2D eigenvalue weighted by atomic mass is 32.2. The molecule has 7 heteroatoms. The minimum Gasteiger partial charge on any atom is -0.386 e. The molecule has 0 spiro atoms. The molecule has 0 radical (unpaired) electrons. The molecule has 0 rings (SSSR count). The Bertz CT molecular complexity index is 347. The summed E-state index contributed by atoms with van der Waals surface area (Å²) in [5.41, 5.74) is 4.50. The maximum absolute atomic E-state index is 11.8. The molecule has 0 aliphatic heterocycles. The number of hydrogen-bond acceptors (Lipinski definition) is 3. The molecule has 0 bridgehead atoms. The molecule has 0 saturated carbocycles. The standard InChI is InChI=1S/C10H24N4O2S/c1-5-10(6-2,9(11)12)14-17(15,16)13-7-8(3)4/h8,13-14H,5-7H2,1-4H3,(H3,11,12). The van der Waals surface area contributed by atoms with Crippen LogP contribution in [0.3, 0.4) is 0 Å². The van der Waals surface area contributed by atoms with E-state index in [1.165, 1.54) is 0 Å². The topological polar surface area (TPSA) is 108 Å². The molecule has 0 amide bonds. The van der Waals surface area contributed by atoms with Crippen molar-refractivity contribution in [2.45, 2.75) is 46.1 Å². The molecule has 0 aromatic rings. The van der Waals surface area contributed by atoms with Gasteiger partial charge in [-0.3, -0.25) is 5.41 Å². The van der Waals surface area contributed by atoms with Gasteiger partial charge in [0.15, 0.2) is 0 Å². The van der Waals surface area contributed by atoms with Crippen molar-refractivity contribution < 1.29 is 8.42 Å². The Kier molecular flexibility index (Phi) is 6.08. The predicted octanol–water partition coefficient (Wildman–Crippen LogP) is 0.561. The Balaban J connectivity index is 4.82. The van der Waals surface area contributed by atoms with Crippen molar-refractivity contribution in [3.05, 3.63) is 0 Å².